The van der Waals surface area contributed by atoms with Gasteiger partial charge in [0.2, 0.25) is 11.8 Å². The van der Waals surface area contributed by atoms with E-state index in [4.69, 9.17) is 4.74 Å². The first kappa shape index (κ1) is 21.1. The van der Waals surface area contributed by atoms with Gasteiger partial charge in [-0.1, -0.05) is 54.6 Å². The molecule has 5 nitrogen and oxygen atoms in total. The first-order valence-electron chi connectivity index (χ1n) is 10.4. The molecule has 2 amide bonds. The van der Waals surface area contributed by atoms with Gasteiger partial charge in [-0.25, -0.2) is 0 Å². The molecule has 31 heavy (non-hydrogen) atoms. The van der Waals surface area contributed by atoms with Crippen LogP contribution < -0.4 is 4.74 Å². The van der Waals surface area contributed by atoms with Crippen molar-refractivity contribution in [1.82, 2.24) is 9.80 Å². The number of amides is 2. The Labute approximate surface area is 186 Å². The van der Waals surface area contributed by atoms with E-state index in [0.717, 1.165) is 21.8 Å². The highest BCUT2D eigenvalue weighted by atomic mass is 32.1. The average molecular weight is 435 g/mol. The lowest BCUT2D eigenvalue weighted by Crippen LogP contribution is -2.36. The van der Waals surface area contributed by atoms with Gasteiger partial charge in [0.05, 0.1) is 19.6 Å². The second-order valence-corrected chi connectivity index (χ2v) is 8.78. The zero-order valence-electron chi connectivity index (χ0n) is 17.6. The van der Waals surface area contributed by atoms with Crippen molar-refractivity contribution >= 4 is 23.2 Å². The normalized spacial score (nSPS) is 15.8. The molecule has 1 atom stereocenters. The summed E-state index contributed by atoms with van der Waals surface area (Å²) in [5, 5.41) is 2.02. The lowest BCUT2D eigenvalue weighted by atomic mass is 10.1. The first-order chi connectivity index (χ1) is 15.1. The monoisotopic (exact) mass is 434 g/mol. The Balaban J connectivity index is 1.50. The van der Waals surface area contributed by atoms with E-state index in [1.54, 1.807) is 23.3 Å². The van der Waals surface area contributed by atoms with Crippen molar-refractivity contribution in [3.8, 4) is 5.75 Å². The van der Waals surface area contributed by atoms with Crippen LogP contribution in [0.25, 0.3) is 0 Å². The van der Waals surface area contributed by atoms with Crippen molar-refractivity contribution in [1.29, 1.82) is 0 Å². The van der Waals surface area contributed by atoms with E-state index in [1.165, 1.54) is 0 Å². The van der Waals surface area contributed by atoms with E-state index in [0.29, 0.717) is 26.2 Å². The van der Waals surface area contributed by atoms with E-state index in [2.05, 4.69) is 0 Å². The predicted molar refractivity (Wildman–Crippen MR) is 122 cm³/mol. The van der Waals surface area contributed by atoms with Crippen LogP contribution >= 0.6 is 11.3 Å². The van der Waals surface area contributed by atoms with Crippen LogP contribution in [0.15, 0.2) is 72.1 Å². The number of methoxy groups -OCH3 is 1. The SMILES string of the molecule is COc1ccccc1CN(Cc1cccs1)C(=O)C1CC(=O)N(Cc2ccccc2)C1. The van der Waals surface area contributed by atoms with Gasteiger partial charge in [0, 0.05) is 36.5 Å². The van der Waals surface area contributed by atoms with Crippen molar-refractivity contribution in [2.45, 2.75) is 26.1 Å². The standard InChI is InChI=1S/C25H26N2O3S/c1-30-23-12-6-5-10-20(23)16-27(18-22-11-7-13-31-22)25(29)21-14-24(28)26(17-21)15-19-8-3-2-4-9-19/h2-13,21H,14-18H2,1H3. The molecule has 6 heteroatoms. The van der Waals surface area contributed by atoms with Crippen LogP contribution in [-0.2, 0) is 29.2 Å². The first-order valence-corrected chi connectivity index (χ1v) is 11.3. The second kappa shape index (κ2) is 9.79. The molecular formula is C25H26N2O3S. The summed E-state index contributed by atoms with van der Waals surface area (Å²) in [6, 6.07) is 21.7. The van der Waals surface area contributed by atoms with Gasteiger partial charge in [0.15, 0.2) is 0 Å². The maximum atomic E-state index is 13.5. The van der Waals surface area contributed by atoms with E-state index < -0.39 is 0 Å². The Bertz CT molecular complexity index is 1020. The largest absolute Gasteiger partial charge is 0.496 e. The Morgan fingerprint density at radius 3 is 2.58 bits per heavy atom. The van der Waals surface area contributed by atoms with Crippen molar-refractivity contribution in [3.63, 3.8) is 0 Å². The number of benzene rings is 2. The third-order valence-electron chi connectivity index (χ3n) is 5.57. The third kappa shape index (κ3) is 5.14. The van der Waals surface area contributed by atoms with Gasteiger partial charge in [-0.15, -0.1) is 11.3 Å². The lowest BCUT2D eigenvalue weighted by Gasteiger charge is -2.26. The highest BCUT2D eigenvalue weighted by Crippen LogP contribution is 2.27. The van der Waals surface area contributed by atoms with Gasteiger partial charge in [-0.05, 0) is 23.1 Å². The number of hydrogen-bond donors (Lipinski definition) is 0. The maximum Gasteiger partial charge on any atom is 0.228 e. The molecule has 1 aliphatic heterocycles. The fourth-order valence-corrected chi connectivity index (χ4v) is 4.71. The van der Waals surface area contributed by atoms with Crippen molar-refractivity contribution in [3.05, 3.63) is 88.1 Å². The summed E-state index contributed by atoms with van der Waals surface area (Å²) >= 11 is 1.63. The summed E-state index contributed by atoms with van der Waals surface area (Å²) in [6.07, 6.45) is 0.262. The molecule has 1 aromatic heterocycles. The summed E-state index contributed by atoms with van der Waals surface area (Å²) in [6.45, 7) is 1.97. The molecule has 4 rings (SSSR count). The maximum absolute atomic E-state index is 13.5. The van der Waals surface area contributed by atoms with Crippen LogP contribution in [0, 0.1) is 5.92 Å². The molecule has 1 aliphatic rings. The van der Waals surface area contributed by atoms with Crippen molar-refractivity contribution in [2.24, 2.45) is 5.92 Å². The minimum Gasteiger partial charge on any atom is -0.496 e. The van der Waals surface area contributed by atoms with Gasteiger partial charge in [-0.3, -0.25) is 9.59 Å². The molecule has 0 spiro atoms. The number of carbonyl (C=O) groups excluding carboxylic acids is 2. The van der Waals surface area contributed by atoms with Crippen LogP contribution in [0.4, 0.5) is 0 Å². The quantitative estimate of drug-likeness (QED) is 0.530. The minimum absolute atomic E-state index is 0.0169. The number of para-hydroxylation sites is 1. The molecule has 1 saturated heterocycles. The number of rotatable bonds is 8. The highest BCUT2D eigenvalue weighted by molar-refractivity contribution is 7.09. The minimum atomic E-state index is -0.328. The number of ether oxygens (including phenoxy) is 1. The van der Waals surface area contributed by atoms with E-state index >= 15 is 0 Å². The smallest absolute Gasteiger partial charge is 0.228 e. The van der Waals surface area contributed by atoms with Gasteiger partial charge < -0.3 is 14.5 Å². The van der Waals surface area contributed by atoms with Crippen LogP contribution in [0.5, 0.6) is 5.75 Å². The lowest BCUT2D eigenvalue weighted by molar-refractivity contribution is -0.137. The Morgan fingerprint density at radius 1 is 1.06 bits per heavy atom. The highest BCUT2D eigenvalue weighted by Gasteiger charge is 2.36. The molecule has 0 aliphatic carbocycles. The fraction of sp³-hybridized carbons (Fsp3) is 0.280. The molecule has 3 aromatic rings. The number of likely N-dealkylation sites (tertiary alicyclic amines) is 1. The summed E-state index contributed by atoms with van der Waals surface area (Å²) in [4.78, 5) is 30.9. The molecule has 2 heterocycles. The van der Waals surface area contributed by atoms with Crippen LogP contribution in [0.3, 0.4) is 0 Å². The zero-order chi connectivity index (χ0) is 21.6. The fourth-order valence-electron chi connectivity index (χ4n) is 3.99. The average Bonchev–Trinajstić information content (AvgIpc) is 3.44. The summed E-state index contributed by atoms with van der Waals surface area (Å²) in [5.74, 6) is 0.490. The van der Waals surface area contributed by atoms with Gasteiger partial charge in [0.1, 0.15) is 5.75 Å². The molecule has 0 radical (unpaired) electrons. The van der Waals surface area contributed by atoms with E-state index in [-0.39, 0.29) is 24.2 Å². The molecule has 1 fully saturated rings. The van der Waals surface area contributed by atoms with Crippen molar-refractivity contribution < 1.29 is 14.3 Å². The number of thiophene rings is 1. The Hall–Kier alpha value is -3.12. The van der Waals surface area contributed by atoms with Crippen molar-refractivity contribution in [2.75, 3.05) is 13.7 Å². The molecule has 2 aromatic carbocycles. The Kier molecular flexibility index (Phi) is 6.67. The molecule has 160 valence electrons. The number of nitrogens with zero attached hydrogens (tertiary/aromatic N) is 2. The predicted octanol–water partition coefficient (Wildman–Crippen LogP) is 4.33. The molecule has 0 saturated carbocycles. The van der Waals surface area contributed by atoms with Crippen LogP contribution in [0.2, 0.25) is 0 Å². The number of carbonyl (C=O) groups is 2. The summed E-state index contributed by atoms with van der Waals surface area (Å²) in [7, 11) is 1.64. The second-order valence-electron chi connectivity index (χ2n) is 7.75. The van der Waals surface area contributed by atoms with E-state index in [9.17, 15) is 9.59 Å². The Morgan fingerprint density at radius 2 is 1.84 bits per heavy atom. The van der Waals surface area contributed by atoms with Crippen LogP contribution in [-0.4, -0.2) is 35.3 Å². The van der Waals surface area contributed by atoms with E-state index in [1.807, 2.05) is 77.0 Å². The summed E-state index contributed by atoms with van der Waals surface area (Å²) in [5.41, 5.74) is 2.04. The van der Waals surface area contributed by atoms with Gasteiger partial charge >= 0.3 is 0 Å². The zero-order valence-corrected chi connectivity index (χ0v) is 18.4. The summed E-state index contributed by atoms with van der Waals surface area (Å²) < 4.78 is 5.49. The molecule has 1 unspecified atom stereocenters. The van der Waals surface area contributed by atoms with Gasteiger partial charge in [-0.2, -0.15) is 0 Å². The number of hydrogen-bond acceptors (Lipinski definition) is 4. The topological polar surface area (TPSA) is 49.9 Å². The third-order valence-corrected chi connectivity index (χ3v) is 6.43. The van der Waals surface area contributed by atoms with Crippen LogP contribution in [0.1, 0.15) is 22.4 Å². The van der Waals surface area contributed by atoms with Gasteiger partial charge in [0.25, 0.3) is 0 Å². The molecule has 0 bridgehead atoms. The molecular weight excluding hydrogens is 408 g/mol. The molecule has 0 N–H and O–H groups in total.